The average Bonchev–Trinajstić information content (AvgIpc) is 2.61. The zero-order valence-corrected chi connectivity index (χ0v) is 12.9. The number of carboxylic acids is 1. The monoisotopic (exact) mass is 320 g/mol. The van der Waals surface area contributed by atoms with Crippen molar-refractivity contribution in [2.45, 2.75) is 38.1 Å². The lowest BCUT2D eigenvalue weighted by atomic mass is 10.1. The Kier molecular flexibility index (Phi) is 8.52. The van der Waals surface area contributed by atoms with Crippen LogP contribution < -0.4 is 10.6 Å². The molecule has 2 amide bonds. The van der Waals surface area contributed by atoms with Crippen molar-refractivity contribution in [3.8, 4) is 0 Å². The molecule has 6 nitrogen and oxygen atoms in total. The van der Waals surface area contributed by atoms with Gasteiger partial charge in [-0.15, -0.1) is 0 Å². The highest BCUT2D eigenvalue weighted by atomic mass is 33.1. The Morgan fingerprint density at radius 2 is 2.05 bits per heavy atom. The van der Waals surface area contributed by atoms with E-state index in [1.165, 1.54) is 21.6 Å². The third kappa shape index (κ3) is 7.64. The number of hydrogen-bond acceptors (Lipinski definition) is 5. The van der Waals surface area contributed by atoms with E-state index in [-0.39, 0.29) is 18.2 Å². The number of rotatable bonds is 8. The molecule has 0 aromatic carbocycles. The summed E-state index contributed by atoms with van der Waals surface area (Å²) in [5, 5.41) is 14.0. The molecule has 1 aliphatic heterocycles. The van der Waals surface area contributed by atoms with Crippen molar-refractivity contribution in [2.75, 3.05) is 18.1 Å². The van der Waals surface area contributed by atoms with Gasteiger partial charge >= 0.3 is 5.97 Å². The third-order valence-electron chi connectivity index (χ3n) is 2.77. The van der Waals surface area contributed by atoms with E-state index in [0.29, 0.717) is 25.1 Å². The van der Waals surface area contributed by atoms with Crippen LogP contribution in [0.5, 0.6) is 0 Å². The highest BCUT2D eigenvalue weighted by molar-refractivity contribution is 8.76. The first-order valence-electron chi connectivity index (χ1n) is 6.63. The molecule has 0 saturated carbocycles. The summed E-state index contributed by atoms with van der Waals surface area (Å²) in [7, 11) is 3.03. The molecule has 0 radical (unpaired) electrons. The fourth-order valence-electron chi connectivity index (χ4n) is 1.76. The zero-order chi connectivity index (χ0) is 14.8. The predicted octanol–water partition coefficient (Wildman–Crippen LogP) is 1.02. The maximum atomic E-state index is 11.9. The first-order chi connectivity index (χ1) is 9.59. The predicted molar refractivity (Wildman–Crippen MR) is 80.6 cm³/mol. The molecule has 114 valence electrons. The molecule has 1 fully saturated rings. The van der Waals surface area contributed by atoms with Crippen LogP contribution in [-0.2, 0) is 14.4 Å². The van der Waals surface area contributed by atoms with Crippen LogP contribution in [0.4, 0.5) is 0 Å². The van der Waals surface area contributed by atoms with Crippen molar-refractivity contribution in [1.29, 1.82) is 0 Å². The minimum atomic E-state index is -0.796. The lowest BCUT2D eigenvalue weighted by Gasteiger charge is -2.15. The van der Waals surface area contributed by atoms with Crippen LogP contribution in [0.1, 0.15) is 32.1 Å². The number of aliphatic carboxylic acids is 1. The van der Waals surface area contributed by atoms with Crippen LogP contribution in [-0.4, -0.2) is 47.0 Å². The second-order valence-corrected chi connectivity index (χ2v) is 7.15. The SMILES string of the molecule is O=C(O)CCSSCCNC(=O)C1CCCCC(=O)N1. The first kappa shape index (κ1) is 17.2. The number of amides is 2. The van der Waals surface area contributed by atoms with Gasteiger partial charge in [-0.3, -0.25) is 14.4 Å². The van der Waals surface area contributed by atoms with Gasteiger partial charge in [0.15, 0.2) is 0 Å². The fourth-order valence-corrected chi connectivity index (χ4v) is 3.64. The topological polar surface area (TPSA) is 95.5 Å². The van der Waals surface area contributed by atoms with Gasteiger partial charge in [0.25, 0.3) is 0 Å². The molecule has 0 aromatic heterocycles. The van der Waals surface area contributed by atoms with Crippen LogP contribution in [0.25, 0.3) is 0 Å². The highest BCUT2D eigenvalue weighted by Crippen LogP contribution is 2.21. The molecule has 0 aliphatic carbocycles. The molecule has 1 saturated heterocycles. The van der Waals surface area contributed by atoms with Gasteiger partial charge in [-0.1, -0.05) is 28.0 Å². The summed E-state index contributed by atoms with van der Waals surface area (Å²) in [4.78, 5) is 33.5. The van der Waals surface area contributed by atoms with Gasteiger partial charge in [-0.25, -0.2) is 0 Å². The quantitative estimate of drug-likeness (QED) is 0.456. The maximum absolute atomic E-state index is 11.9. The standard InChI is InChI=1S/C12H20N2O4S2/c15-10-4-2-1-3-9(14-10)12(18)13-6-8-20-19-7-5-11(16)17/h9H,1-8H2,(H,13,18)(H,14,15)(H,16,17). The van der Waals surface area contributed by atoms with E-state index in [9.17, 15) is 14.4 Å². The first-order valence-corrected chi connectivity index (χ1v) is 9.11. The Balaban J connectivity index is 2.07. The average molecular weight is 320 g/mol. The van der Waals surface area contributed by atoms with Crippen LogP contribution in [0.15, 0.2) is 0 Å². The van der Waals surface area contributed by atoms with Gasteiger partial charge in [0.2, 0.25) is 11.8 Å². The number of carbonyl (C=O) groups is 3. The van der Waals surface area contributed by atoms with Gasteiger partial charge in [-0.05, 0) is 12.8 Å². The number of hydrogen-bond donors (Lipinski definition) is 3. The van der Waals surface area contributed by atoms with Crippen LogP contribution in [0.3, 0.4) is 0 Å². The van der Waals surface area contributed by atoms with Gasteiger partial charge in [-0.2, -0.15) is 0 Å². The molecule has 0 bridgehead atoms. The lowest BCUT2D eigenvalue weighted by molar-refractivity contribution is -0.136. The second-order valence-electron chi connectivity index (χ2n) is 4.44. The molecule has 1 heterocycles. The van der Waals surface area contributed by atoms with Gasteiger partial charge in [0, 0.05) is 24.5 Å². The van der Waals surface area contributed by atoms with Crippen LogP contribution >= 0.6 is 21.6 Å². The van der Waals surface area contributed by atoms with Crippen molar-refractivity contribution in [3.05, 3.63) is 0 Å². The van der Waals surface area contributed by atoms with Crippen LogP contribution in [0.2, 0.25) is 0 Å². The number of carbonyl (C=O) groups excluding carboxylic acids is 2. The maximum Gasteiger partial charge on any atom is 0.304 e. The van der Waals surface area contributed by atoms with Crippen molar-refractivity contribution in [2.24, 2.45) is 0 Å². The fraction of sp³-hybridized carbons (Fsp3) is 0.750. The lowest BCUT2D eigenvalue weighted by Crippen LogP contribution is -2.46. The van der Waals surface area contributed by atoms with E-state index < -0.39 is 12.0 Å². The zero-order valence-electron chi connectivity index (χ0n) is 11.2. The van der Waals surface area contributed by atoms with Crippen molar-refractivity contribution >= 4 is 39.4 Å². The Hall–Kier alpha value is -0.890. The highest BCUT2D eigenvalue weighted by Gasteiger charge is 2.22. The van der Waals surface area contributed by atoms with Crippen LogP contribution in [0, 0.1) is 0 Å². The van der Waals surface area contributed by atoms with Crippen molar-refractivity contribution < 1.29 is 19.5 Å². The summed E-state index contributed by atoms with van der Waals surface area (Å²) in [6.07, 6.45) is 3.07. The van der Waals surface area contributed by atoms with E-state index in [1.54, 1.807) is 0 Å². The molecular weight excluding hydrogens is 300 g/mol. The molecule has 0 spiro atoms. The Bertz CT molecular complexity index is 352. The summed E-state index contributed by atoms with van der Waals surface area (Å²) < 4.78 is 0. The molecular formula is C12H20N2O4S2. The molecule has 8 heteroatoms. The van der Waals surface area contributed by atoms with Gasteiger partial charge in [0.1, 0.15) is 6.04 Å². The summed E-state index contributed by atoms with van der Waals surface area (Å²) in [5.74, 6) is 0.303. The summed E-state index contributed by atoms with van der Waals surface area (Å²) in [6, 6.07) is -0.408. The molecule has 1 atom stereocenters. The summed E-state index contributed by atoms with van der Waals surface area (Å²) in [5.41, 5.74) is 0. The second kappa shape index (κ2) is 9.93. The number of nitrogens with one attached hydrogen (secondary N) is 2. The molecule has 1 rings (SSSR count). The third-order valence-corrected chi connectivity index (χ3v) is 5.17. The molecule has 3 N–H and O–H groups in total. The normalized spacial score (nSPS) is 19.0. The minimum absolute atomic E-state index is 0.0544. The Morgan fingerprint density at radius 3 is 2.80 bits per heavy atom. The van der Waals surface area contributed by atoms with Crippen molar-refractivity contribution in [1.82, 2.24) is 10.6 Å². The molecule has 1 unspecified atom stereocenters. The number of carboxylic acid groups (broad SMARTS) is 1. The molecule has 0 aromatic rings. The summed E-state index contributed by atoms with van der Waals surface area (Å²) in [6.45, 7) is 0.524. The van der Waals surface area contributed by atoms with E-state index in [2.05, 4.69) is 10.6 Å². The van der Waals surface area contributed by atoms with E-state index in [0.717, 1.165) is 18.6 Å². The molecule has 1 aliphatic rings. The Morgan fingerprint density at radius 1 is 1.30 bits per heavy atom. The molecule has 20 heavy (non-hydrogen) atoms. The largest absolute Gasteiger partial charge is 0.481 e. The van der Waals surface area contributed by atoms with E-state index >= 15 is 0 Å². The smallest absolute Gasteiger partial charge is 0.304 e. The summed E-state index contributed by atoms with van der Waals surface area (Å²) >= 11 is 0. The van der Waals surface area contributed by atoms with Gasteiger partial charge in [0.05, 0.1) is 6.42 Å². The Labute approximate surface area is 126 Å². The minimum Gasteiger partial charge on any atom is -0.481 e. The van der Waals surface area contributed by atoms with Gasteiger partial charge < -0.3 is 15.7 Å². The van der Waals surface area contributed by atoms with Crippen molar-refractivity contribution in [3.63, 3.8) is 0 Å². The van der Waals surface area contributed by atoms with E-state index in [1.807, 2.05) is 0 Å². The van der Waals surface area contributed by atoms with E-state index in [4.69, 9.17) is 5.11 Å².